The summed E-state index contributed by atoms with van der Waals surface area (Å²) in [6, 6.07) is 9.94. The smallest absolute Gasteiger partial charge is 0.310 e. The topological polar surface area (TPSA) is 48.3 Å². The fraction of sp³-hybridized carbons (Fsp3) is 0.238. The molecule has 0 unspecified atom stereocenters. The number of carbonyl (C=O) groups is 2. The van der Waals surface area contributed by atoms with E-state index in [1.807, 2.05) is 35.2 Å². The van der Waals surface area contributed by atoms with Gasteiger partial charge < -0.3 is 9.30 Å². The molecule has 0 aliphatic carbocycles. The summed E-state index contributed by atoms with van der Waals surface area (Å²) in [6.07, 6.45) is 0.167. The molecule has 0 bridgehead atoms. The number of hydrogen-bond acceptors (Lipinski definition) is 4. The van der Waals surface area contributed by atoms with Gasteiger partial charge >= 0.3 is 5.97 Å². The quantitative estimate of drug-likeness (QED) is 0.449. The lowest BCUT2D eigenvalue weighted by atomic mass is 10.1. The van der Waals surface area contributed by atoms with Gasteiger partial charge in [0, 0.05) is 23.5 Å². The van der Waals surface area contributed by atoms with E-state index in [2.05, 4.69) is 0 Å². The van der Waals surface area contributed by atoms with E-state index in [9.17, 15) is 14.0 Å². The van der Waals surface area contributed by atoms with Crippen molar-refractivity contribution in [2.24, 2.45) is 0 Å². The molecule has 2 aromatic heterocycles. The molecule has 0 spiro atoms. The number of aryl methyl sites for hydroxylation is 1. The van der Waals surface area contributed by atoms with E-state index in [1.54, 1.807) is 18.2 Å². The highest BCUT2D eigenvalue weighted by Crippen LogP contribution is 2.18. The fourth-order valence-corrected chi connectivity index (χ4v) is 3.60. The van der Waals surface area contributed by atoms with E-state index in [4.69, 9.17) is 4.74 Å². The first-order valence-electron chi connectivity index (χ1n) is 8.55. The molecule has 0 N–H and O–H groups in total. The molecule has 4 nitrogen and oxygen atoms in total. The number of thiophene rings is 1. The summed E-state index contributed by atoms with van der Waals surface area (Å²) in [5, 5.41) is 3.77. The summed E-state index contributed by atoms with van der Waals surface area (Å²) in [7, 11) is 0. The van der Waals surface area contributed by atoms with Crippen LogP contribution >= 0.6 is 11.3 Å². The van der Waals surface area contributed by atoms with Gasteiger partial charge in [0.25, 0.3) is 0 Å². The minimum absolute atomic E-state index is 0.167. The molecule has 0 fully saturated rings. The van der Waals surface area contributed by atoms with Gasteiger partial charge in [0.1, 0.15) is 5.82 Å². The highest BCUT2D eigenvalue weighted by Gasteiger charge is 2.17. The zero-order valence-electron chi connectivity index (χ0n) is 15.2. The van der Waals surface area contributed by atoms with Gasteiger partial charge in [-0.15, -0.1) is 0 Å². The Hall–Kier alpha value is -2.73. The highest BCUT2D eigenvalue weighted by molar-refractivity contribution is 7.08. The predicted octanol–water partition coefficient (Wildman–Crippen LogP) is 4.32. The van der Waals surface area contributed by atoms with Crippen molar-refractivity contribution < 1.29 is 18.7 Å². The molecule has 0 aliphatic rings. The molecule has 6 heteroatoms. The van der Waals surface area contributed by atoms with Crippen molar-refractivity contribution in [1.82, 2.24) is 4.57 Å². The number of esters is 1. The molecule has 0 saturated heterocycles. The number of rotatable bonds is 7. The maximum absolute atomic E-state index is 13.1. The minimum atomic E-state index is -0.415. The molecular weight excluding hydrogens is 365 g/mol. The van der Waals surface area contributed by atoms with Crippen LogP contribution in [0.25, 0.3) is 0 Å². The largest absolute Gasteiger partial charge is 0.457 e. The van der Waals surface area contributed by atoms with Crippen molar-refractivity contribution in [2.45, 2.75) is 26.8 Å². The first kappa shape index (κ1) is 19.0. The molecule has 0 aliphatic heterocycles. The number of benzene rings is 1. The van der Waals surface area contributed by atoms with Crippen LogP contribution in [0.3, 0.4) is 0 Å². The SMILES string of the molecule is Cc1cc(C(=O)COC(=O)Cc2ccsc2)c(C)n1Cc1ccc(F)cc1. The molecule has 3 aromatic rings. The molecule has 0 radical (unpaired) electrons. The number of carbonyl (C=O) groups excluding carboxylic acids is 2. The van der Waals surface area contributed by atoms with Crippen LogP contribution in [-0.2, 0) is 22.5 Å². The van der Waals surface area contributed by atoms with Gasteiger partial charge in [0.05, 0.1) is 6.42 Å². The van der Waals surface area contributed by atoms with Crippen LogP contribution in [0, 0.1) is 19.7 Å². The van der Waals surface area contributed by atoms with Gasteiger partial charge in [0.2, 0.25) is 5.78 Å². The van der Waals surface area contributed by atoms with Crippen molar-refractivity contribution in [2.75, 3.05) is 6.61 Å². The van der Waals surface area contributed by atoms with Crippen LogP contribution < -0.4 is 0 Å². The summed E-state index contributed by atoms with van der Waals surface area (Å²) in [5.74, 6) is -0.922. The van der Waals surface area contributed by atoms with Crippen LogP contribution in [0.2, 0.25) is 0 Å². The Balaban J connectivity index is 1.65. The zero-order valence-corrected chi connectivity index (χ0v) is 16.0. The Morgan fingerprint density at radius 2 is 1.85 bits per heavy atom. The predicted molar refractivity (Wildman–Crippen MR) is 103 cm³/mol. The summed E-state index contributed by atoms with van der Waals surface area (Å²) >= 11 is 1.51. The Kier molecular flexibility index (Phi) is 5.86. The molecule has 0 saturated carbocycles. The Bertz CT molecular complexity index is 943. The van der Waals surface area contributed by atoms with Crippen LogP contribution in [0.15, 0.2) is 47.2 Å². The van der Waals surface area contributed by atoms with E-state index in [0.29, 0.717) is 12.1 Å². The van der Waals surface area contributed by atoms with Gasteiger partial charge in [-0.25, -0.2) is 4.39 Å². The van der Waals surface area contributed by atoms with Gasteiger partial charge in [-0.2, -0.15) is 11.3 Å². The monoisotopic (exact) mass is 385 g/mol. The van der Waals surface area contributed by atoms with E-state index in [1.165, 1.54) is 23.5 Å². The molecule has 27 heavy (non-hydrogen) atoms. The standard InChI is InChI=1S/C21H20FNO3S/c1-14-9-19(15(2)23(14)11-16-3-5-18(22)6-4-16)20(24)12-26-21(25)10-17-7-8-27-13-17/h3-9,13H,10-12H2,1-2H3. The van der Waals surface area contributed by atoms with Gasteiger partial charge in [-0.1, -0.05) is 12.1 Å². The van der Waals surface area contributed by atoms with Gasteiger partial charge in [-0.05, 0) is 60.0 Å². The summed E-state index contributed by atoms with van der Waals surface area (Å²) in [6.45, 7) is 4.04. The molecule has 1 aromatic carbocycles. The third-order valence-corrected chi connectivity index (χ3v) is 5.15. The van der Waals surface area contributed by atoms with Crippen molar-refractivity contribution >= 4 is 23.1 Å². The first-order valence-corrected chi connectivity index (χ1v) is 9.49. The Morgan fingerprint density at radius 3 is 2.52 bits per heavy atom. The van der Waals surface area contributed by atoms with E-state index in [-0.39, 0.29) is 24.6 Å². The van der Waals surface area contributed by atoms with E-state index in [0.717, 1.165) is 22.5 Å². The van der Waals surface area contributed by atoms with E-state index >= 15 is 0 Å². The second-order valence-corrected chi connectivity index (χ2v) is 7.17. The molecule has 0 atom stereocenters. The van der Waals surface area contributed by atoms with Crippen LogP contribution in [0.4, 0.5) is 4.39 Å². The summed E-state index contributed by atoms with van der Waals surface area (Å²) in [5.41, 5.74) is 4.09. The van der Waals surface area contributed by atoms with Gasteiger partial charge in [-0.3, -0.25) is 9.59 Å². The highest BCUT2D eigenvalue weighted by atomic mass is 32.1. The molecule has 2 heterocycles. The molecular formula is C21H20FNO3S. The second-order valence-electron chi connectivity index (χ2n) is 6.39. The number of Topliss-reactive ketones (excluding diaryl/α,β-unsaturated/α-hetero) is 1. The van der Waals surface area contributed by atoms with Crippen LogP contribution in [0.5, 0.6) is 0 Å². The molecule has 140 valence electrons. The van der Waals surface area contributed by atoms with Crippen molar-refractivity contribution in [1.29, 1.82) is 0 Å². The van der Waals surface area contributed by atoms with Crippen LogP contribution in [0.1, 0.15) is 32.9 Å². The number of ketones is 1. The number of nitrogens with zero attached hydrogens (tertiary/aromatic N) is 1. The van der Waals surface area contributed by atoms with Crippen molar-refractivity contribution in [3.63, 3.8) is 0 Å². The average Bonchev–Trinajstić information content (AvgIpc) is 3.24. The number of aromatic nitrogens is 1. The third kappa shape index (κ3) is 4.71. The maximum atomic E-state index is 13.1. The summed E-state index contributed by atoms with van der Waals surface area (Å²) < 4.78 is 20.2. The van der Waals surface area contributed by atoms with Crippen molar-refractivity contribution in [3.8, 4) is 0 Å². The Labute approximate surface area is 161 Å². The first-order chi connectivity index (χ1) is 12.9. The normalized spacial score (nSPS) is 10.8. The maximum Gasteiger partial charge on any atom is 0.310 e. The van der Waals surface area contributed by atoms with Gasteiger partial charge in [0.15, 0.2) is 6.61 Å². The van der Waals surface area contributed by atoms with E-state index < -0.39 is 5.97 Å². The average molecular weight is 385 g/mol. The van der Waals surface area contributed by atoms with Crippen LogP contribution in [-0.4, -0.2) is 22.9 Å². The zero-order chi connectivity index (χ0) is 19.4. The molecule has 0 amide bonds. The fourth-order valence-electron chi connectivity index (χ4n) is 2.93. The lowest BCUT2D eigenvalue weighted by molar-refractivity contribution is -0.141. The number of hydrogen-bond donors (Lipinski definition) is 0. The lowest BCUT2D eigenvalue weighted by Gasteiger charge is -2.10. The number of halogens is 1. The number of ether oxygens (including phenoxy) is 1. The molecule has 3 rings (SSSR count). The second kappa shape index (κ2) is 8.31. The van der Waals surface area contributed by atoms with Crippen molar-refractivity contribution in [3.05, 3.63) is 81.1 Å². The Morgan fingerprint density at radius 1 is 1.11 bits per heavy atom. The summed E-state index contributed by atoms with van der Waals surface area (Å²) in [4.78, 5) is 24.4. The lowest BCUT2D eigenvalue weighted by Crippen LogP contribution is -2.16. The third-order valence-electron chi connectivity index (χ3n) is 4.42. The minimum Gasteiger partial charge on any atom is -0.457 e.